The Balaban J connectivity index is 1.97. The van der Waals surface area contributed by atoms with Crippen molar-refractivity contribution in [3.8, 4) is 0 Å². The fraction of sp³-hybridized carbons (Fsp3) is 0.647. The van der Waals surface area contributed by atoms with Crippen LogP contribution in [0, 0.1) is 5.92 Å². The van der Waals surface area contributed by atoms with Gasteiger partial charge in [-0.2, -0.15) is 0 Å². The highest BCUT2D eigenvalue weighted by Gasteiger charge is 2.23. The van der Waals surface area contributed by atoms with Gasteiger partial charge >= 0.3 is 0 Å². The van der Waals surface area contributed by atoms with Gasteiger partial charge in [-0.3, -0.25) is 0 Å². The third-order valence-corrected chi connectivity index (χ3v) is 4.24. The van der Waals surface area contributed by atoms with Crippen LogP contribution in [-0.4, -0.2) is 26.3 Å². The topological polar surface area (TPSA) is 21.3 Å². The standard InChI is InChI=1S/C17H27NO/c1-13(2)15-8-6-14(7-9-15)11-17(18-3)16-5-4-10-19-12-16/h6-9,13,16-18H,4-5,10-12H2,1-3H3. The molecule has 1 aliphatic rings. The van der Waals surface area contributed by atoms with E-state index < -0.39 is 0 Å². The highest BCUT2D eigenvalue weighted by Crippen LogP contribution is 2.21. The number of rotatable bonds is 5. The summed E-state index contributed by atoms with van der Waals surface area (Å²) in [7, 11) is 2.07. The van der Waals surface area contributed by atoms with Gasteiger partial charge in [0, 0.05) is 12.6 Å². The summed E-state index contributed by atoms with van der Waals surface area (Å²) >= 11 is 0. The molecule has 0 saturated carbocycles. The molecular formula is C17H27NO. The Labute approximate surface area is 117 Å². The van der Waals surface area contributed by atoms with Crippen molar-refractivity contribution in [2.45, 2.75) is 45.1 Å². The lowest BCUT2D eigenvalue weighted by atomic mass is 9.89. The molecule has 2 rings (SSSR count). The van der Waals surface area contributed by atoms with Gasteiger partial charge in [0.1, 0.15) is 0 Å². The molecule has 0 spiro atoms. The van der Waals surface area contributed by atoms with Gasteiger partial charge in [0.15, 0.2) is 0 Å². The average Bonchev–Trinajstić information content (AvgIpc) is 2.46. The molecule has 2 atom stereocenters. The average molecular weight is 261 g/mol. The van der Waals surface area contributed by atoms with Crippen LogP contribution >= 0.6 is 0 Å². The molecular weight excluding hydrogens is 234 g/mol. The summed E-state index contributed by atoms with van der Waals surface area (Å²) in [5.74, 6) is 1.27. The van der Waals surface area contributed by atoms with E-state index in [1.807, 2.05) is 0 Å². The fourth-order valence-corrected chi connectivity index (χ4v) is 2.88. The predicted molar refractivity (Wildman–Crippen MR) is 80.6 cm³/mol. The van der Waals surface area contributed by atoms with Crippen LogP contribution in [0.25, 0.3) is 0 Å². The molecule has 0 amide bonds. The van der Waals surface area contributed by atoms with E-state index in [0.29, 0.717) is 17.9 Å². The zero-order chi connectivity index (χ0) is 13.7. The van der Waals surface area contributed by atoms with Gasteiger partial charge in [0.05, 0.1) is 6.61 Å². The summed E-state index contributed by atoms with van der Waals surface area (Å²) in [4.78, 5) is 0. The molecule has 0 bridgehead atoms. The second kappa shape index (κ2) is 7.06. The number of ether oxygens (including phenoxy) is 1. The maximum absolute atomic E-state index is 5.61. The molecule has 1 fully saturated rings. The lowest BCUT2D eigenvalue weighted by Gasteiger charge is -2.30. The lowest BCUT2D eigenvalue weighted by molar-refractivity contribution is 0.0405. The van der Waals surface area contributed by atoms with Crippen molar-refractivity contribution in [1.82, 2.24) is 5.32 Å². The molecule has 1 heterocycles. The van der Waals surface area contributed by atoms with Crippen LogP contribution in [0.5, 0.6) is 0 Å². The summed E-state index contributed by atoms with van der Waals surface area (Å²) in [6.45, 7) is 6.33. The Hall–Kier alpha value is -0.860. The van der Waals surface area contributed by atoms with Crippen molar-refractivity contribution >= 4 is 0 Å². The summed E-state index contributed by atoms with van der Waals surface area (Å²) in [6, 6.07) is 9.63. The van der Waals surface area contributed by atoms with E-state index >= 15 is 0 Å². The van der Waals surface area contributed by atoms with E-state index in [9.17, 15) is 0 Å². The van der Waals surface area contributed by atoms with Crippen molar-refractivity contribution in [2.24, 2.45) is 5.92 Å². The van der Waals surface area contributed by atoms with Gasteiger partial charge < -0.3 is 10.1 Å². The normalized spacial score (nSPS) is 21.6. The monoisotopic (exact) mass is 261 g/mol. The van der Waals surface area contributed by atoms with E-state index in [4.69, 9.17) is 4.74 Å². The van der Waals surface area contributed by atoms with E-state index in [1.54, 1.807) is 0 Å². The summed E-state index contributed by atoms with van der Waals surface area (Å²) in [5.41, 5.74) is 2.85. The van der Waals surface area contributed by atoms with Crippen LogP contribution in [0.2, 0.25) is 0 Å². The van der Waals surface area contributed by atoms with Crippen LogP contribution < -0.4 is 5.32 Å². The van der Waals surface area contributed by atoms with Gasteiger partial charge in [0.25, 0.3) is 0 Å². The zero-order valence-electron chi connectivity index (χ0n) is 12.5. The van der Waals surface area contributed by atoms with Crippen molar-refractivity contribution in [1.29, 1.82) is 0 Å². The number of hydrogen-bond donors (Lipinski definition) is 1. The van der Waals surface area contributed by atoms with Crippen LogP contribution in [0.1, 0.15) is 43.7 Å². The van der Waals surface area contributed by atoms with Crippen LogP contribution in [0.4, 0.5) is 0 Å². The van der Waals surface area contributed by atoms with Gasteiger partial charge in [-0.15, -0.1) is 0 Å². The first-order valence-corrected chi connectivity index (χ1v) is 7.54. The fourth-order valence-electron chi connectivity index (χ4n) is 2.88. The molecule has 1 aliphatic heterocycles. The third kappa shape index (κ3) is 4.05. The molecule has 1 saturated heterocycles. The zero-order valence-corrected chi connectivity index (χ0v) is 12.5. The molecule has 1 aromatic carbocycles. The summed E-state index contributed by atoms with van der Waals surface area (Å²) in [6.07, 6.45) is 3.59. The van der Waals surface area contributed by atoms with Gasteiger partial charge in [-0.05, 0) is 49.3 Å². The van der Waals surface area contributed by atoms with Crippen LogP contribution in [0.15, 0.2) is 24.3 Å². The minimum atomic E-state index is 0.533. The maximum Gasteiger partial charge on any atom is 0.0509 e. The molecule has 1 N–H and O–H groups in total. The van der Waals surface area contributed by atoms with Crippen molar-refractivity contribution in [3.05, 3.63) is 35.4 Å². The SMILES string of the molecule is CNC(Cc1ccc(C(C)C)cc1)C1CCCOC1. The number of nitrogens with one attached hydrogen (secondary N) is 1. The van der Waals surface area contributed by atoms with E-state index in [2.05, 4.69) is 50.5 Å². The second-order valence-corrected chi connectivity index (χ2v) is 5.97. The van der Waals surface area contributed by atoms with Crippen LogP contribution in [0.3, 0.4) is 0 Å². The van der Waals surface area contributed by atoms with Crippen molar-refractivity contribution in [2.75, 3.05) is 20.3 Å². The highest BCUT2D eigenvalue weighted by atomic mass is 16.5. The molecule has 0 aromatic heterocycles. The first-order chi connectivity index (χ1) is 9.20. The number of hydrogen-bond acceptors (Lipinski definition) is 2. The van der Waals surface area contributed by atoms with Gasteiger partial charge in [-0.1, -0.05) is 38.1 Å². The quantitative estimate of drug-likeness (QED) is 0.877. The lowest BCUT2D eigenvalue weighted by Crippen LogP contribution is -2.39. The molecule has 1 aromatic rings. The largest absolute Gasteiger partial charge is 0.381 e. The van der Waals surface area contributed by atoms with E-state index in [-0.39, 0.29) is 0 Å². The smallest absolute Gasteiger partial charge is 0.0509 e. The van der Waals surface area contributed by atoms with Crippen LogP contribution in [-0.2, 0) is 11.2 Å². The van der Waals surface area contributed by atoms with Gasteiger partial charge in [0.2, 0.25) is 0 Å². The molecule has 0 radical (unpaired) electrons. The van der Waals surface area contributed by atoms with Crippen molar-refractivity contribution in [3.63, 3.8) is 0 Å². The number of benzene rings is 1. The van der Waals surface area contributed by atoms with E-state index in [1.165, 1.54) is 24.0 Å². The first-order valence-electron chi connectivity index (χ1n) is 7.54. The predicted octanol–water partition coefficient (Wildman–Crippen LogP) is 3.37. The second-order valence-electron chi connectivity index (χ2n) is 5.97. The third-order valence-electron chi connectivity index (χ3n) is 4.24. The van der Waals surface area contributed by atoms with E-state index in [0.717, 1.165) is 19.6 Å². The minimum Gasteiger partial charge on any atom is -0.381 e. The summed E-state index contributed by atoms with van der Waals surface area (Å²) < 4.78 is 5.61. The summed E-state index contributed by atoms with van der Waals surface area (Å²) in [5, 5.41) is 3.48. The minimum absolute atomic E-state index is 0.533. The molecule has 0 aliphatic carbocycles. The Bertz CT molecular complexity index is 365. The first kappa shape index (κ1) is 14.5. The number of likely N-dealkylation sites (N-methyl/N-ethyl adjacent to an activating group) is 1. The Morgan fingerprint density at radius 3 is 2.53 bits per heavy atom. The maximum atomic E-state index is 5.61. The molecule has 2 heteroatoms. The molecule has 106 valence electrons. The van der Waals surface area contributed by atoms with Crippen molar-refractivity contribution < 1.29 is 4.74 Å². The molecule has 19 heavy (non-hydrogen) atoms. The highest BCUT2D eigenvalue weighted by molar-refractivity contribution is 5.25. The Morgan fingerprint density at radius 2 is 2.00 bits per heavy atom. The molecule has 2 nitrogen and oxygen atoms in total. The Kier molecular flexibility index (Phi) is 5.41. The van der Waals surface area contributed by atoms with Gasteiger partial charge in [-0.25, -0.2) is 0 Å². The molecule has 2 unspecified atom stereocenters. The Morgan fingerprint density at radius 1 is 1.26 bits per heavy atom.